The summed E-state index contributed by atoms with van der Waals surface area (Å²) < 4.78 is 0. The number of pyridine rings is 2. The van der Waals surface area contributed by atoms with E-state index in [0.717, 1.165) is 46.4 Å². The van der Waals surface area contributed by atoms with Gasteiger partial charge in [-0.25, -0.2) is 4.98 Å². The molecular formula is C20H21N3O. The Balaban J connectivity index is 1.80. The van der Waals surface area contributed by atoms with Crippen molar-refractivity contribution < 1.29 is 4.79 Å². The Morgan fingerprint density at radius 1 is 1.25 bits per heavy atom. The van der Waals surface area contributed by atoms with Gasteiger partial charge >= 0.3 is 0 Å². The van der Waals surface area contributed by atoms with Gasteiger partial charge in [0.2, 0.25) is 0 Å². The van der Waals surface area contributed by atoms with Crippen molar-refractivity contribution in [2.24, 2.45) is 5.92 Å². The molecule has 3 heterocycles. The maximum Gasteiger partial charge on any atom is 0.168 e. The Kier molecular flexibility index (Phi) is 3.30. The first-order valence-electron chi connectivity index (χ1n) is 8.43. The Labute approximate surface area is 141 Å². The van der Waals surface area contributed by atoms with E-state index in [0.29, 0.717) is 0 Å². The maximum atomic E-state index is 12.5. The largest absolute Gasteiger partial charge is 0.345 e. The number of ketones is 1. The number of fused-ring (bicyclic) bond motifs is 1. The number of aromatic amines is 1. The number of rotatable bonds is 3. The Morgan fingerprint density at radius 3 is 2.75 bits per heavy atom. The van der Waals surface area contributed by atoms with Crippen molar-refractivity contribution in [2.75, 3.05) is 0 Å². The van der Waals surface area contributed by atoms with E-state index in [-0.39, 0.29) is 17.1 Å². The third-order valence-corrected chi connectivity index (χ3v) is 4.56. The quantitative estimate of drug-likeness (QED) is 0.722. The van der Waals surface area contributed by atoms with Crippen LogP contribution in [0.25, 0.3) is 22.3 Å². The first-order valence-corrected chi connectivity index (χ1v) is 8.43. The van der Waals surface area contributed by atoms with Crippen molar-refractivity contribution in [3.63, 3.8) is 0 Å². The molecule has 4 rings (SSSR count). The van der Waals surface area contributed by atoms with Gasteiger partial charge in [0.15, 0.2) is 5.78 Å². The second-order valence-corrected chi connectivity index (χ2v) is 7.62. The average molecular weight is 319 g/mol. The number of Topliss-reactive ketones (excluding diaryl/α,β-unsaturated/α-hetero) is 1. The third kappa shape index (κ3) is 2.62. The molecule has 0 atom stereocenters. The summed E-state index contributed by atoms with van der Waals surface area (Å²) in [5.74, 6) is 0.437. The SMILES string of the molecule is CC(C)(C)c1cccc(-c2cnc3[nH]cc(C(=O)C4CC4)c3c2)n1. The molecule has 4 nitrogen and oxygen atoms in total. The Morgan fingerprint density at radius 2 is 2.04 bits per heavy atom. The summed E-state index contributed by atoms with van der Waals surface area (Å²) in [6.07, 6.45) is 5.63. The summed E-state index contributed by atoms with van der Waals surface area (Å²) in [5, 5.41) is 0.896. The zero-order chi connectivity index (χ0) is 16.9. The molecule has 1 saturated carbocycles. The second-order valence-electron chi connectivity index (χ2n) is 7.62. The normalized spacial score (nSPS) is 15.0. The molecule has 0 amide bonds. The summed E-state index contributed by atoms with van der Waals surface area (Å²) in [6, 6.07) is 8.10. The van der Waals surface area contributed by atoms with E-state index in [9.17, 15) is 4.79 Å². The number of hydrogen-bond donors (Lipinski definition) is 1. The monoisotopic (exact) mass is 319 g/mol. The van der Waals surface area contributed by atoms with Crippen molar-refractivity contribution in [1.29, 1.82) is 0 Å². The van der Waals surface area contributed by atoms with Gasteiger partial charge in [0.05, 0.1) is 5.69 Å². The number of hydrogen-bond acceptors (Lipinski definition) is 3. The van der Waals surface area contributed by atoms with Crippen LogP contribution in [0.1, 0.15) is 49.7 Å². The highest BCUT2D eigenvalue weighted by molar-refractivity contribution is 6.09. The van der Waals surface area contributed by atoms with E-state index in [2.05, 4.69) is 30.7 Å². The smallest absolute Gasteiger partial charge is 0.168 e. The molecule has 0 saturated heterocycles. The van der Waals surface area contributed by atoms with Crippen LogP contribution in [-0.4, -0.2) is 20.7 Å². The molecule has 122 valence electrons. The third-order valence-electron chi connectivity index (χ3n) is 4.56. The van der Waals surface area contributed by atoms with Crippen LogP contribution >= 0.6 is 0 Å². The standard InChI is InChI=1S/C20H21N3O/c1-20(2,3)17-6-4-5-16(23-17)13-9-14-15(18(24)12-7-8-12)11-22-19(14)21-10-13/h4-6,9-12H,7-8H2,1-3H3,(H,21,22). The first kappa shape index (κ1) is 15.1. The number of nitrogens with one attached hydrogen (secondary N) is 1. The Hall–Kier alpha value is -2.49. The molecule has 1 aliphatic rings. The summed E-state index contributed by atoms with van der Waals surface area (Å²) in [7, 11) is 0. The number of carbonyl (C=O) groups excluding carboxylic acids is 1. The van der Waals surface area contributed by atoms with Gasteiger partial charge in [0, 0.05) is 45.9 Å². The topological polar surface area (TPSA) is 58.6 Å². The molecule has 0 radical (unpaired) electrons. The average Bonchev–Trinajstić information content (AvgIpc) is 3.33. The summed E-state index contributed by atoms with van der Waals surface area (Å²) in [4.78, 5) is 24.8. The van der Waals surface area contributed by atoms with Gasteiger partial charge in [-0.05, 0) is 31.0 Å². The van der Waals surface area contributed by atoms with Crippen LogP contribution in [-0.2, 0) is 5.41 Å². The lowest BCUT2D eigenvalue weighted by molar-refractivity contribution is 0.0969. The van der Waals surface area contributed by atoms with E-state index < -0.39 is 0 Å². The highest BCUT2D eigenvalue weighted by Gasteiger charge is 2.32. The van der Waals surface area contributed by atoms with Crippen LogP contribution in [0.15, 0.2) is 36.7 Å². The molecule has 0 unspecified atom stereocenters. The fourth-order valence-electron chi connectivity index (χ4n) is 2.93. The van der Waals surface area contributed by atoms with Crippen LogP contribution in [0.5, 0.6) is 0 Å². The number of carbonyl (C=O) groups is 1. The molecular weight excluding hydrogens is 298 g/mol. The van der Waals surface area contributed by atoms with Crippen molar-refractivity contribution >= 4 is 16.8 Å². The molecule has 0 spiro atoms. The zero-order valence-electron chi connectivity index (χ0n) is 14.3. The lowest BCUT2D eigenvalue weighted by atomic mass is 9.91. The molecule has 0 aliphatic heterocycles. The van der Waals surface area contributed by atoms with Crippen molar-refractivity contribution in [3.05, 3.63) is 47.9 Å². The number of nitrogens with zero attached hydrogens (tertiary/aromatic N) is 2. The minimum absolute atomic E-state index is 0.00523. The minimum atomic E-state index is -0.00523. The molecule has 3 aromatic rings. The summed E-state index contributed by atoms with van der Waals surface area (Å²) >= 11 is 0. The second kappa shape index (κ2) is 5.26. The fraction of sp³-hybridized carbons (Fsp3) is 0.350. The van der Waals surface area contributed by atoms with Gasteiger partial charge in [0.1, 0.15) is 5.65 Å². The molecule has 24 heavy (non-hydrogen) atoms. The maximum absolute atomic E-state index is 12.5. The zero-order valence-corrected chi connectivity index (χ0v) is 14.3. The predicted octanol–water partition coefficient (Wildman–Crippen LogP) is 4.52. The van der Waals surface area contributed by atoms with E-state index >= 15 is 0 Å². The van der Waals surface area contributed by atoms with E-state index in [1.54, 1.807) is 6.20 Å². The highest BCUT2D eigenvalue weighted by Crippen LogP contribution is 2.35. The molecule has 1 fully saturated rings. The predicted molar refractivity (Wildman–Crippen MR) is 95.1 cm³/mol. The number of aromatic nitrogens is 3. The van der Waals surface area contributed by atoms with E-state index in [1.165, 1.54) is 0 Å². The van der Waals surface area contributed by atoms with E-state index in [1.807, 2.05) is 30.5 Å². The van der Waals surface area contributed by atoms with Crippen molar-refractivity contribution in [3.8, 4) is 11.3 Å². The van der Waals surface area contributed by atoms with Gasteiger partial charge < -0.3 is 4.98 Å². The van der Waals surface area contributed by atoms with Crippen LogP contribution in [0.3, 0.4) is 0 Å². The number of H-pyrrole nitrogens is 1. The van der Waals surface area contributed by atoms with Crippen LogP contribution in [0.4, 0.5) is 0 Å². The molecule has 0 aromatic carbocycles. The summed E-state index contributed by atoms with van der Waals surface area (Å²) in [5.41, 5.74) is 4.39. The van der Waals surface area contributed by atoms with Gasteiger partial charge in [-0.3, -0.25) is 9.78 Å². The molecule has 1 aliphatic carbocycles. The van der Waals surface area contributed by atoms with Gasteiger partial charge in [-0.15, -0.1) is 0 Å². The first-order chi connectivity index (χ1) is 11.4. The lowest BCUT2D eigenvalue weighted by Gasteiger charge is -2.18. The molecule has 4 heteroatoms. The van der Waals surface area contributed by atoms with Crippen molar-refractivity contribution in [1.82, 2.24) is 15.0 Å². The Bertz CT molecular complexity index is 929. The van der Waals surface area contributed by atoms with Gasteiger partial charge in [0.25, 0.3) is 0 Å². The van der Waals surface area contributed by atoms with Gasteiger partial charge in [-0.1, -0.05) is 26.8 Å². The fourth-order valence-corrected chi connectivity index (χ4v) is 2.93. The molecule has 0 bridgehead atoms. The highest BCUT2D eigenvalue weighted by atomic mass is 16.1. The van der Waals surface area contributed by atoms with Crippen molar-refractivity contribution in [2.45, 2.75) is 39.0 Å². The summed E-state index contributed by atoms with van der Waals surface area (Å²) in [6.45, 7) is 6.46. The van der Waals surface area contributed by atoms with Crippen LogP contribution in [0, 0.1) is 5.92 Å². The minimum Gasteiger partial charge on any atom is -0.345 e. The lowest BCUT2D eigenvalue weighted by Crippen LogP contribution is -2.13. The van der Waals surface area contributed by atoms with Crippen LogP contribution in [0.2, 0.25) is 0 Å². The molecule has 1 N–H and O–H groups in total. The molecule has 3 aromatic heterocycles. The van der Waals surface area contributed by atoms with Crippen LogP contribution < -0.4 is 0 Å². The van der Waals surface area contributed by atoms with E-state index in [4.69, 9.17) is 4.98 Å². The van der Waals surface area contributed by atoms with Gasteiger partial charge in [-0.2, -0.15) is 0 Å².